The van der Waals surface area contributed by atoms with Crippen LogP contribution in [-0.4, -0.2) is 61.0 Å². The van der Waals surface area contributed by atoms with Gasteiger partial charge in [0.25, 0.3) is 0 Å². The quantitative estimate of drug-likeness (QED) is 0.506. The smallest absolute Gasteiger partial charge is 0.319 e. The van der Waals surface area contributed by atoms with Gasteiger partial charge in [0.1, 0.15) is 18.5 Å². The highest BCUT2D eigenvalue weighted by atomic mass is 35.5. The lowest BCUT2D eigenvalue weighted by atomic mass is 10.0. The molecule has 0 aromatic heterocycles. The van der Waals surface area contributed by atoms with E-state index in [9.17, 15) is 9.90 Å². The number of hydrogen-bond donors (Lipinski definition) is 3. The number of rotatable bonds is 10. The Morgan fingerprint density at radius 1 is 1.25 bits per heavy atom. The Labute approximate surface area is 195 Å². The number of carbonyl (C=O) groups is 1. The summed E-state index contributed by atoms with van der Waals surface area (Å²) >= 11 is 5.96. The van der Waals surface area contributed by atoms with Crippen LogP contribution in [0.5, 0.6) is 5.75 Å². The zero-order valence-corrected chi connectivity index (χ0v) is 19.3. The molecule has 2 aromatic carbocycles. The number of nitrogens with one attached hydrogen (secondary N) is 1. The third-order valence-electron chi connectivity index (χ3n) is 5.72. The molecule has 0 bridgehead atoms. The van der Waals surface area contributed by atoms with Gasteiger partial charge in [0.05, 0.1) is 5.69 Å². The van der Waals surface area contributed by atoms with Gasteiger partial charge < -0.3 is 20.9 Å². The van der Waals surface area contributed by atoms with E-state index in [1.807, 2.05) is 31.2 Å². The van der Waals surface area contributed by atoms with Crippen LogP contribution in [0.2, 0.25) is 5.02 Å². The van der Waals surface area contributed by atoms with E-state index in [1.54, 1.807) is 12.1 Å². The number of anilines is 1. The maximum Gasteiger partial charge on any atom is 0.319 e. The second kappa shape index (κ2) is 12.1. The van der Waals surface area contributed by atoms with E-state index in [0.717, 1.165) is 37.5 Å². The van der Waals surface area contributed by atoms with Gasteiger partial charge >= 0.3 is 6.03 Å². The Bertz CT molecular complexity index is 857. The lowest BCUT2D eigenvalue weighted by Gasteiger charge is -2.33. The summed E-state index contributed by atoms with van der Waals surface area (Å²) in [5.74, 6) is 0.530. The van der Waals surface area contributed by atoms with E-state index in [-0.39, 0.29) is 6.61 Å². The van der Waals surface area contributed by atoms with Crippen LogP contribution in [0.4, 0.5) is 10.5 Å². The molecule has 1 heterocycles. The first-order valence-electron chi connectivity index (χ1n) is 11.1. The number of carbonyl (C=O) groups excluding carboxylic acids is 1. The van der Waals surface area contributed by atoms with Crippen LogP contribution in [0.3, 0.4) is 0 Å². The minimum Gasteiger partial charge on any atom is -0.489 e. The van der Waals surface area contributed by atoms with Gasteiger partial charge in [-0.25, -0.2) is 4.79 Å². The van der Waals surface area contributed by atoms with Crippen molar-refractivity contribution in [3.63, 3.8) is 0 Å². The van der Waals surface area contributed by atoms with Gasteiger partial charge in [-0.1, -0.05) is 35.9 Å². The Morgan fingerprint density at radius 3 is 2.59 bits per heavy atom. The summed E-state index contributed by atoms with van der Waals surface area (Å²) < 4.78 is 5.81. The number of para-hydroxylation sites is 2. The molecule has 0 spiro atoms. The Hall–Kier alpha value is -2.32. The highest BCUT2D eigenvalue weighted by Crippen LogP contribution is 2.28. The van der Waals surface area contributed by atoms with Crippen molar-refractivity contribution < 1.29 is 14.6 Å². The molecule has 3 rings (SSSR count). The highest BCUT2D eigenvalue weighted by molar-refractivity contribution is 6.30. The van der Waals surface area contributed by atoms with E-state index in [2.05, 4.69) is 22.3 Å². The summed E-state index contributed by atoms with van der Waals surface area (Å²) in [6.07, 6.45) is 1.42. The number of hydrogen-bond acceptors (Lipinski definition) is 5. The molecular weight excluding hydrogens is 428 g/mol. The monoisotopic (exact) mass is 460 g/mol. The predicted molar refractivity (Wildman–Crippen MR) is 128 cm³/mol. The number of likely N-dealkylation sites (tertiary alicyclic amines) is 1. The van der Waals surface area contributed by atoms with Crippen molar-refractivity contribution in [3.8, 4) is 5.75 Å². The number of aliphatic hydroxyl groups excluding tert-OH is 1. The first-order chi connectivity index (χ1) is 15.5. The average molecular weight is 461 g/mol. The molecule has 0 aliphatic carbocycles. The van der Waals surface area contributed by atoms with E-state index in [1.165, 1.54) is 10.5 Å². The van der Waals surface area contributed by atoms with Crippen LogP contribution in [0.1, 0.15) is 25.3 Å². The van der Waals surface area contributed by atoms with Gasteiger partial charge in [-0.3, -0.25) is 9.80 Å². The SMILES string of the molecule is CCN(C(N)=O)c1ccccc1OC[C@@H](O)CNC1CCN(Cc2ccc(Cl)cc2)CC1. The first kappa shape index (κ1) is 24.3. The molecule has 1 saturated heterocycles. The van der Waals surface area contributed by atoms with Crippen molar-refractivity contribution in [2.45, 2.75) is 38.5 Å². The van der Waals surface area contributed by atoms with Crippen molar-refractivity contribution in [2.24, 2.45) is 5.73 Å². The number of urea groups is 1. The molecule has 1 fully saturated rings. The molecule has 0 unspecified atom stereocenters. The summed E-state index contributed by atoms with van der Waals surface area (Å²) in [7, 11) is 0. The lowest BCUT2D eigenvalue weighted by molar-refractivity contribution is 0.0981. The van der Waals surface area contributed by atoms with Gasteiger partial charge in [-0.15, -0.1) is 0 Å². The van der Waals surface area contributed by atoms with Crippen LogP contribution in [0.15, 0.2) is 48.5 Å². The van der Waals surface area contributed by atoms with Gasteiger partial charge in [-0.05, 0) is 62.7 Å². The standard InChI is InChI=1S/C24H33ClN4O3/c1-2-29(24(26)31)22-5-3-4-6-23(22)32-17-21(30)15-27-20-11-13-28(14-12-20)16-18-7-9-19(25)10-8-18/h3-10,20-21,27,30H,2,11-17H2,1H3,(H2,26,31)/t21-/m0/s1. The molecule has 1 atom stereocenters. The topological polar surface area (TPSA) is 91.1 Å². The molecule has 1 aliphatic rings. The maximum atomic E-state index is 11.7. The number of piperidine rings is 1. The molecule has 8 heteroatoms. The third-order valence-corrected chi connectivity index (χ3v) is 5.97. The average Bonchev–Trinajstić information content (AvgIpc) is 2.80. The van der Waals surface area contributed by atoms with Crippen molar-refractivity contribution in [3.05, 3.63) is 59.1 Å². The van der Waals surface area contributed by atoms with Gasteiger partial charge in [0.15, 0.2) is 0 Å². The summed E-state index contributed by atoms with van der Waals surface area (Å²) in [6.45, 7) is 5.84. The predicted octanol–water partition coefficient (Wildman–Crippen LogP) is 3.24. The van der Waals surface area contributed by atoms with Crippen LogP contribution in [-0.2, 0) is 6.54 Å². The summed E-state index contributed by atoms with van der Waals surface area (Å²) in [5, 5.41) is 14.6. The van der Waals surface area contributed by atoms with Crippen molar-refractivity contribution in [1.82, 2.24) is 10.2 Å². The molecule has 2 aromatic rings. The minimum atomic E-state index is -0.654. The number of ether oxygens (including phenoxy) is 1. The molecule has 32 heavy (non-hydrogen) atoms. The molecule has 2 amide bonds. The van der Waals surface area contributed by atoms with Gasteiger partial charge in [0, 0.05) is 30.7 Å². The Balaban J connectivity index is 1.39. The second-order valence-electron chi connectivity index (χ2n) is 8.10. The maximum absolute atomic E-state index is 11.7. The largest absolute Gasteiger partial charge is 0.489 e. The summed E-state index contributed by atoms with van der Waals surface area (Å²) in [4.78, 5) is 15.5. The normalized spacial score (nSPS) is 16.0. The molecule has 4 N–H and O–H groups in total. The minimum absolute atomic E-state index is 0.135. The van der Waals surface area contributed by atoms with Crippen LogP contribution in [0, 0.1) is 0 Å². The molecule has 1 aliphatic heterocycles. The number of halogens is 1. The van der Waals surface area contributed by atoms with E-state index < -0.39 is 12.1 Å². The van der Waals surface area contributed by atoms with Crippen LogP contribution < -0.4 is 20.7 Å². The number of nitrogens with zero attached hydrogens (tertiary/aromatic N) is 2. The lowest BCUT2D eigenvalue weighted by Crippen LogP contribution is -2.45. The third kappa shape index (κ3) is 7.10. The Kier molecular flexibility index (Phi) is 9.17. The number of benzene rings is 2. The van der Waals surface area contributed by atoms with E-state index in [0.29, 0.717) is 30.6 Å². The fourth-order valence-electron chi connectivity index (χ4n) is 3.94. The molecule has 0 radical (unpaired) electrons. The summed E-state index contributed by atoms with van der Waals surface area (Å²) in [6, 6.07) is 15.1. The fourth-order valence-corrected chi connectivity index (χ4v) is 4.06. The molecule has 174 valence electrons. The fraction of sp³-hybridized carbons (Fsp3) is 0.458. The van der Waals surface area contributed by atoms with Gasteiger partial charge in [-0.2, -0.15) is 0 Å². The number of primary amides is 1. The molecule has 7 nitrogen and oxygen atoms in total. The zero-order valence-electron chi connectivity index (χ0n) is 18.5. The Morgan fingerprint density at radius 2 is 1.94 bits per heavy atom. The number of aliphatic hydroxyl groups is 1. The van der Waals surface area contributed by atoms with E-state index >= 15 is 0 Å². The first-order valence-corrected chi connectivity index (χ1v) is 11.5. The number of nitrogens with two attached hydrogens (primary N) is 1. The molecular formula is C24H33ClN4O3. The van der Waals surface area contributed by atoms with Crippen molar-refractivity contribution in [2.75, 3.05) is 37.7 Å². The van der Waals surface area contributed by atoms with Gasteiger partial charge in [0.2, 0.25) is 0 Å². The molecule has 0 saturated carbocycles. The second-order valence-corrected chi connectivity index (χ2v) is 8.54. The number of amides is 2. The highest BCUT2D eigenvalue weighted by Gasteiger charge is 2.20. The van der Waals surface area contributed by atoms with Crippen LogP contribution in [0.25, 0.3) is 0 Å². The van der Waals surface area contributed by atoms with E-state index in [4.69, 9.17) is 22.1 Å². The van der Waals surface area contributed by atoms with Crippen LogP contribution >= 0.6 is 11.6 Å². The van der Waals surface area contributed by atoms with Crippen molar-refractivity contribution >= 4 is 23.3 Å². The van der Waals surface area contributed by atoms with Crippen molar-refractivity contribution in [1.29, 1.82) is 0 Å². The summed E-state index contributed by atoms with van der Waals surface area (Å²) in [5.41, 5.74) is 7.33. The zero-order chi connectivity index (χ0) is 22.9.